The molecule has 0 unspecified atom stereocenters. The van der Waals surface area contributed by atoms with Crippen LogP contribution in [0.15, 0.2) is 17.0 Å². The zero-order valence-corrected chi connectivity index (χ0v) is 12.9. The Balaban J connectivity index is 3.52. The first-order valence-electron chi connectivity index (χ1n) is 5.99. The SMILES string of the molecule is Cc1cc(F)c([N+](=O)[O-])cc1S(=O)(=O)N(C)C(C)(C)CO. The Labute approximate surface area is 122 Å². The van der Waals surface area contributed by atoms with Crippen molar-refractivity contribution in [3.63, 3.8) is 0 Å². The number of aliphatic hydroxyl groups is 1. The van der Waals surface area contributed by atoms with Crippen LogP contribution in [0.1, 0.15) is 19.4 Å². The lowest BCUT2D eigenvalue weighted by atomic mass is 10.1. The first-order chi connectivity index (χ1) is 9.45. The van der Waals surface area contributed by atoms with Crippen LogP contribution >= 0.6 is 0 Å². The molecule has 0 aliphatic rings. The summed E-state index contributed by atoms with van der Waals surface area (Å²) in [5.41, 5.74) is -1.96. The second-order valence-electron chi connectivity index (χ2n) is 5.27. The summed E-state index contributed by atoms with van der Waals surface area (Å²) in [6.45, 7) is 3.90. The molecule has 118 valence electrons. The summed E-state index contributed by atoms with van der Waals surface area (Å²) >= 11 is 0. The third-order valence-electron chi connectivity index (χ3n) is 3.32. The molecule has 0 radical (unpaired) electrons. The second-order valence-corrected chi connectivity index (χ2v) is 7.21. The average Bonchev–Trinajstić information content (AvgIpc) is 2.36. The summed E-state index contributed by atoms with van der Waals surface area (Å²) in [7, 11) is -2.86. The van der Waals surface area contributed by atoms with Gasteiger partial charge in [-0.15, -0.1) is 0 Å². The van der Waals surface area contributed by atoms with Crippen LogP contribution in [0.4, 0.5) is 10.1 Å². The first kappa shape index (κ1) is 17.5. The highest BCUT2D eigenvalue weighted by Crippen LogP contribution is 2.29. The minimum Gasteiger partial charge on any atom is -0.394 e. The zero-order valence-electron chi connectivity index (χ0n) is 12.1. The number of aryl methyl sites for hydroxylation is 1. The van der Waals surface area contributed by atoms with E-state index in [-0.39, 0.29) is 10.5 Å². The normalized spacial score (nSPS) is 12.7. The van der Waals surface area contributed by atoms with Crippen molar-refractivity contribution in [3.8, 4) is 0 Å². The number of hydrogen-bond acceptors (Lipinski definition) is 5. The van der Waals surface area contributed by atoms with E-state index in [1.54, 1.807) is 0 Å². The second kappa shape index (κ2) is 5.66. The topological polar surface area (TPSA) is 101 Å². The summed E-state index contributed by atoms with van der Waals surface area (Å²) in [5, 5.41) is 20.0. The zero-order chi connectivity index (χ0) is 16.6. The van der Waals surface area contributed by atoms with Gasteiger partial charge in [-0.25, -0.2) is 8.42 Å². The Morgan fingerprint density at radius 1 is 1.43 bits per heavy atom. The van der Waals surface area contributed by atoms with E-state index in [0.717, 1.165) is 10.4 Å². The first-order valence-corrected chi connectivity index (χ1v) is 7.43. The van der Waals surface area contributed by atoms with E-state index in [2.05, 4.69) is 0 Å². The molecule has 0 atom stereocenters. The van der Waals surface area contributed by atoms with Crippen molar-refractivity contribution in [2.24, 2.45) is 0 Å². The highest BCUT2D eigenvalue weighted by molar-refractivity contribution is 7.89. The average molecular weight is 320 g/mol. The van der Waals surface area contributed by atoms with E-state index in [9.17, 15) is 28.0 Å². The Morgan fingerprint density at radius 2 is 1.95 bits per heavy atom. The summed E-state index contributed by atoms with van der Waals surface area (Å²) in [4.78, 5) is 9.41. The maximum Gasteiger partial charge on any atom is 0.306 e. The van der Waals surface area contributed by atoms with E-state index in [0.29, 0.717) is 6.07 Å². The van der Waals surface area contributed by atoms with E-state index < -0.39 is 38.6 Å². The molecule has 1 rings (SSSR count). The predicted octanol–water partition coefficient (Wildman–Crippen LogP) is 1.43. The Morgan fingerprint density at radius 3 is 2.38 bits per heavy atom. The number of nitro benzene ring substituents is 1. The molecule has 0 fully saturated rings. The van der Waals surface area contributed by atoms with Gasteiger partial charge in [0.1, 0.15) is 0 Å². The molecular weight excluding hydrogens is 303 g/mol. The molecule has 0 saturated heterocycles. The van der Waals surface area contributed by atoms with Gasteiger partial charge in [0.25, 0.3) is 0 Å². The van der Waals surface area contributed by atoms with Gasteiger partial charge < -0.3 is 5.11 Å². The fraction of sp³-hybridized carbons (Fsp3) is 0.500. The number of aliphatic hydroxyl groups excluding tert-OH is 1. The minimum atomic E-state index is -4.11. The van der Waals surface area contributed by atoms with E-state index >= 15 is 0 Å². The molecule has 0 spiro atoms. The summed E-state index contributed by atoms with van der Waals surface area (Å²) in [6.07, 6.45) is 0. The molecule has 0 aliphatic heterocycles. The number of nitrogens with zero attached hydrogens (tertiary/aromatic N) is 2. The summed E-state index contributed by atoms with van der Waals surface area (Å²) in [5.74, 6) is -1.10. The smallest absolute Gasteiger partial charge is 0.306 e. The number of hydrogen-bond donors (Lipinski definition) is 1. The molecular formula is C12H17FN2O5S. The van der Waals surface area contributed by atoms with E-state index in [1.807, 2.05) is 0 Å². The van der Waals surface area contributed by atoms with Crippen LogP contribution in [0.25, 0.3) is 0 Å². The van der Waals surface area contributed by atoms with Crippen LogP contribution in [0.3, 0.4) is 0 Å². The Bertz CT molecular complexity index is 672. The van der Waals surface area contributed by atoms with E-state index in [4.69, 9.17) is 0 Å². The van der Waals surface area contributed by atoms with Crippen molar-refractivity contribution in [3.05, 3.63) is 33.6 Å². The number of sulfonamides is 1. The fourth-order valence-corrected chi connectivity index (χ4v) is 3.36. The molecule has 0 heterocycles. The van der Waals surface area contributed by atoms with Gasteiger partial charge in [0.2, 0.25) is 15.8 Å². The molecule has 1 aromatic rings. The molecule has 0 bridgehead atoms. The van der Waals surface area contributed by atoms with Crippen molar-refractivity contribution < 1.29 is 22.8 Å². The third kappa shape index (κ3) is 3.20. The maximum absolute atomic E-state index is 13.5. The standard InChI is InChI=1S/C12H17FN2O5S/c1-8-5-9(13)10(15(17)18)6-11(8)21(19,20)14(4)12(2,3)7-16/h5-6,16H,7H2,1-4H3. The van der Waals surface area contributed by atoms with Crippen molar-refractivity contribution in [2.75, 3.05) is 13.7 Å². The highest BCUT2D eigenvalue weighted by atomic mass is 32.2. The number of benzene rings is 1. The van der Waals surface area contributed by atoms with Crippen LogP contribution < -0.4 is 0 Å². The van der Waals surface area contributed by atoms with Gasteiger partial charge in [-0.3, -0.25) is 10.1 Å². The molecule has 0 aliphatic carbocycles. The van der Waals surface area contributed by atoms with Crippen LogP contribution in [0.2, 0.25) is 0 Å². The summed E-state index contributed by atoms with van der Waals surface area (Å²) in [6, 6.07) is 1.51. The van der Waals surface area contributed by atoms with Crippen molar-refractivity contribution in [1.29, 1.82) is 0 Å². The van der Waals surface area contributed by atoms with Crippen molar-refractivity contribution >= 4 is 15.7 Å². The molecule has 0 aromatic heterocycles. The molecule has 1 aromatic carbocycles. The van der Waals surface area contributed by atoms with Crippen LogP contribution in [0, 0.1) is 22.9 Å². The predicted molar refractivity (Wildman–Crippen MR) is 73.9 cm³/mol. The number of halogens is 1. The van der Waals surface area contributed by atoms with Gasteiger partial charge in [-0.1, -0.05) is 0 Å². The Kier molecular flexibility index (Phi) is 4.71. The van der Waals surface area contributed by atoms with Gasteiger partial charge in [-0.2, -0.15) is 8.70 Å². The van der Waals surface area contributed by atoms with Gasteiger partial charge in [0.15, 0.2) is 0 Å². The number of rotatable bonds is 5. The van der Waals surface area contributed by atoms with Gasteiger partial charge in [0, 0.05) is 13.1 Å². The molecule has 9 heteroatoms. The van der Waals surface area contributed by atoms with Gasteiger partial charge in [0.05, 0.1) is 22.0 Å². The lowest BCUT2D eigenvalue weighted by Crippen LogP contribution is -2.47. The van der Waals surface area contributed by atoms with Crippen LogP contribution in [-0.4, -0.2) is 41.9 Å². The molecule has 21 heavy (non-hydrogen) atoms. The number of likely N-dealkylation sites (N-methyl/N-ethyl adjacent to an activating group) is 1. The Hall–Kier alpha value is -1.58. The molecule has 1 N–H and O–H groups in total. The lowest BCUT2D eigenvalue weighted by Gasteiger charge is -2.33. The molecule has 0 amide bonds. The minimum absolute atomic E-state index is 0.0543. The van der Waals surface area contributed by atoms with Crippen LogP contribution in [0.5, 0.6) is 0 Å². The van der Waals surface area contributed by atoms with Crippen molar-refractivity contribution in [2.45, 2.75) is 31.2 Å². The van der Waals surface area contributed by atoms with Crippen LogP contribution in [-0.2, 0) is 10.0 Å². The molecule has 7 nitrogen and oxygen atoms in total. The fourth-order valence-electron chi connectivity index (χ4n) is 1.63. The number of nitro groups is 1. The molecule has 0 saturated carbocycles. The van der Waals surface area contributed by atoms with Gasteiger partial charge >= 0.3 is 5.69 Å². The van der Waals surface area contributed by atoms with Gasteiger partial charge in [-0.05, 0) is 32.4 Å². The lowest BCUT2D eigenvalue weighted by molar-refractivity contribution is -0.387. The largest absolute Gasteiger partial charge is 0.394 e. The summed E-state index contributed by atoms with van der Waals surface area (Å²) < 4.78 is 39.4. The highest BCUT2D eigenvalue weighted by Gasteiger charge is 2.35. The maximum atomic E-state index is 13.5. The quantitative estimate of drug-likeness (QED) is 0.653. The van der Waals surface area contributed by atoms with E-state index in [1.165, 1.54) is 27.8 Å². The monoisotopic (exact) mass is 320 g/mol. The van der Waals surface area contributed by atoms with Crippen molar-refractivity contribution in [1.82, 2.24) is 4.31 Å². The third-order valence-corrected chi connectivity index (χ3v) is 5.53.